The summed E-state index contributed by atoms with van der Waals surface area (Å²) in [5, 5.41) is 0. The molecule has 0 bridgehead atoms. The second-order valence-electron chi connectivity index (χ2n) is 6.63. The summed E-state index contributed by atoms with van der Waals surface area (Å²) < 4.78 is 13.7. The maximum absolute atomic E-state index is 13.0. The van der Waals surface area contributed by atoms with Gasteiger partial charge >= 0.3 is 0 Å². The molecule has 118 valence electrons. The molecule has 1 unspecified atom stereocenters. The molecule has 0 radical (unpaired) electrons. The molecule has 4 heteroatoms. The zero-order chi connectivity index (χ0) is 16.0. The number of Topliss-reactive ketones (excluding diaryl/α,β-unsaturated/α-hetero) is 1. The van der Waals surface area contributed by atoms with E-state index in [0.717, 1.165) is 18.4 Å². The van der Waals surface area contributed by atoms with Crippen LogP contribution in [0.25, 0.3) is 0 Å². The number of hydrogen-bond acceptors (Lipinski definition) is 2. The van der Waals surface area contributed by atoms with E-state index in [9.17, 15) is 9.18 Å². The molecule has 2 N–H and O–H groups in total. The number of rotatable bonds is 7. The molecule has 0 aliphatic heterocycles. The molecule has 0 saturated carbocycles. The number of benzene rings is 1. The van der Waals surface area contributed by atoms with Crippen LogP contribution in [0.15, 0.2) is 22.7 Å². The molecule has 1 aromatic carbocycles. The van der Waals surface area contributed by atoms with E-state index in [0.29, 0.717) is 29.8 Å². The van der Waals surface area contributed by atoms with Gasteiger partial charge < -0.3 is 5.73 Å². The maximum Gasteiger partial charge on any atom is 0.137 e. The van der Waals surface area contributed by atoms with Crippen LogP contribution >= 0.6 is 15.9 Å². The van der Waals surface area contributed by atoms with Gasteiger partial charge in [-0.25, -0.2) is 4.39 Å². The summed E-state index contributed by atoms with van der Waals surface area (Å²) in [6.07, 6.45) is 2.70. The summed E-state index contributed by atoms with van der Waals surface area (Å²) in [4.78, 5) is 12.1. The van der Waals surface area contributed by atoms with Gasteiger partial charge in [0.1, 0.15) is 11.6 Å². The number of carbonyl (C=O) groups is 1. The smallest absolute Gasteiger partial charge is 0.137 e. The zero-order valence-corrected chi connectivity index (χ0v) is 14.7. The minimum absolute atomic E-state index is 0.163. The second kappa shape index (κ2) is 8.04. The van der Waals surface area contributed by atoms with Crippen molar-refractivity contribution in [1.82, 2.24) is 0 Å². The Morgan fingerprint density at radius 3 is 2.52 bits per heavy atom. The highest BCUT2D eigenvalue weighted by molar-refractivity contribution is 9.10. The largest absolute Gasteiger partial charge is 0.330 e. The van der Waals surface area contributed by atoms with Gasteiger partial charge in [0.15, 0.2) is 0 Å². The van der Waals surface area contributed by atoms with Crippen LogP contribution in [-0.4, -0.2) is 12.3 Å². The van der Waals surface area contributed by atoms with Crippen LogP contribution in [0, 0.1) is 17.2 Å². The van der Waals surface area contributed by atoms with E-state index in [1.165, 1.54) is 12.1 Å². The summed E-state index contributed by atoms with van der Waals surface area (Å²) in [5.74, 6) is 0.338. The summed E-state index contributed by atoms with van der Waals surface area (Å²) in [6.45, 7) is 7.22. The fraction of sp³-hybridized carbons (Fsp3) is 0.588. The molecule has 0 amide bonds. The fourth-order valence-electron chi connectivity index (χ4n) is 2.51. The van der Waals surface area contributed by atoms with Gasteiger partial charge in [0.25, 0.3) is 0 Å². The van der Waals surface area contributed by atoms with Gasteiger partial charge in [-0.1, -0.05) is 42.8 Å². The molecule has 1 rings (SSSR count). The van der Waals surface area contributed by atoms with E-state index in [4.69, 9.17) is 5.73 Å². The average molecular weight is 358 g/mol. The molecule has 0 saturated heterocycles. The summed E-state index contributed by atoms with van der Waals surface area (Å²) in [6, 6.07) is 4.45. The van der Waals surface area contributed by atoms with Crippen LogP contribution in [-0.2, 0) is 11.2 Å². The average Bonchev–Trinajstić information content (AvgIpc) is 2.36. The van der Waals surface area contributed by atoms with Crippen molar-refractivity contribution in [3.8, 4) is 0 Å². The Labute approximate surface area is 135 Å². The molecule has 21 heavy (non-hydrogen) atoms. The monoisotopic (exact) mass is 357 g/mol. The molecular weight excluding hydrogens is 333 g/mol. The predicted octanol–water partition coefficient (Wildman–Crippen LogP) is 4.49. The Morgan fingerprint density at radius 1 is 1.33 bits per heavy atom. The van der Waals surface area contributed by atoms with Crippen LogP contribution in [0.5, 0.6) is 0 Å². The highest BCUT2D eigenvalue weighted by atomic mass is 79.9. The van der Waals surface area contributed by atoms with Crippen molar-refractivity contribution in [2.24, 2.45) is 17.1 Å². The number of halogens is 2. The van der Waals surface area contributed by atoms with Gasteiger partial charge in [0.2, 0.25) is 0 Å². The van der Waals surface area contributed by atoms with E-state index < -0.39 is 0 Å². The molecule has 0 aromatic heterocycles. The minimum Gasteiger partial charge on any atom is -0.330 e. The second-order valence-corrected chi connectivity index (χ2v) is 7.48. The van der Waals surface area contributed by atoms with Crippen LogP contribution in [0.1, 0.15) is 45.6 Å². The Balaban J connectivity index is 2.57. The first kappa shape index (κ1) is 18.3. The van der Waals surface area contributed by atoms with Crippen LogP contribution in [0.3, 0.4) is 0 Å². The summed E-state index contributed by atoms with van der Waals surface area (Å²) in [5.41, 5.74) is 6.67. The van der Waals surface area contributed by atoms with Crippen LogP contribution in [0.2, 0.25) is 0 Å². The summed E-state index contributed by atoms with van der Waals surface area (Å²) >= 11 is 3.30. The molecule has 1 atom stereocenters. The molecule has 0 fully saturated rings. The van der Waals surface area contributed by atoms with E-state index >= 15 is 0 Å². The lowest BCUT2D eigenvalue weighted by Crippen LogP contribution is -2.24. The van der Waals surface area contributed by atoms with Gasteiger partial charge in [-0.05, 0) is 48.4 Å². The SMILES string of the molecule is CC(C)(C)C(CCN)CCC(=O)Cc1ccc(F)cc1Br. The standard InChI is InChI=1S/C17H25BrFNO/c1-17(2,3)13(8-9-20)5-7-15(21)10-12-4-6-14(19)11-16(12)18/h4,6,11,13H,5,7-10,20H2,1-3H3. The lowest BCUT2D eigenvalue weighted by Gasteiger charge is -2.30. The van der Waals surface area contributed by atoms with Gasteiger partial charge in [-0.15, -0.1) is 0 Å². The number of ketones is 1. The van der Waals surface area contributed by atoms with E-state index in [2.05, 4.69) is 36.7 Å². The Hall–Kier alpha value is -0.740. The lowest BCUT2D eigenvalue weighted by atomic mass is 9.76. The highest BCUT2D eigenvalue weighted by Crippen LogP contribution is 2.32. The lowest BCUT2D eigenvalue weighted by molar-refractivity contribution is -0.118. The first-order valence-corrected chi connectivity index (χ1v) is 8.19. The first-order chi connectivity index (χ1) is 9.74. The van der Waals surface area contributed by atoms with E-state index in [1.807, 2.05) is 0 Å². The predicted molar refractivity (Wildman–Crippen MR) is 88.7 cm³/mol. The van der Waals surface area contributed by atoms with Crippen molar-refractivity contribution in [2.45, 2.75) is 46.5 Å². The van der Waals surface area contributed by atoms with Gasteiger partial charge in [-0.3, -0.25) is 4.79 Å². The van der Waals surface area contributed by atoms with E-state index in [1.54, 1.807) is 6.07 Å². The van der Waals surface area contributed by atoms with Crippen molar-refractivity contribution in [1.29, 1.82) is 0 Å². The molecule has 0 heterocycles. The van der Waals surface area contributed by atoms with Gasteiger partial charge in [0.05, 0.1) is 0 Å². The third kappa shape index (κ3) is 6.27. The molecular formula is C17H25BrFNO. The van der Waals surface area contributed by atoms with Crippen molar-refractivity contribution in [3.05, 3.63) is 34.1 Å². The minimum atomic E-state index is -0.297. The molecule has 0 spiro atoms. The topological polar surface area (TPSA) is 43.1 Å². The van der Waals surface area contributed by atoms with Crippen molar-refractivity contribution < 1.29 is 9.18 Å². The molecule has 1 aromatic rings. The third-order valence-corrected chi connectivity index (χ3v) is 4.65. The van der Waals surface area contributed by atoms with Crippen molar-refractivity contribution in [3.63, 3.8) is 0 Å². The number of carbonyl (C=O) groups excluding carboxylic acids is 1. The number of nitrogens with two attached hydrogens (primary N) is 1. The zero-order valence-electron chi connectivity index (χ0n) is 13.1. The normalized spacial score (nSPS) is 13.2. The van der Waals surface area contributed by atoms with Gasteiger partial charge in [0, 0.05) is 17.3 Å². The van der Waals surface area contributed by atoms with Gasteiger partial charge in [-0.2, -0.15) is 0 Å². The summed E-state index contributed by atoms with van der Waals surface area (Å²) in [7, 11) is 0. The Kier molecular flexibility index (Phi) is 7.01. The quantitative estimate of drug-likeness (QED) is 0.780. The van der Waals surface area contributed by atoms with Crippen LogP contribution < -0.4 is 5.73 Å². The van der Waals surface area contributed by atoms with Crippen LogP contribution in [0.4, 0.5) is 4.39 Å². The maximum atomic E-state index is 13.0. The molecule has 0 aliphatic rings. The van der Waals surface area contributed by atoms with E-state index in [-0.39, 0.29) is 17.0 Å². The highest BCUT2D eigenvalue weighted by Gasteiger charge is 2.24. The Morgan fingerprint density at radius 2 is 2.00 bits per heavy atom. The third-order valence-electron chi connectivity index (χ3n) is 3.91. The fourth-order valence-corrected chi connectivity index (χ4v) is 3.00. The Bertz CT molecular complexity index is 482. The first-order valence-electron chi connectivity index (χ1n) is 7.39. The molecule has 2 nitrogen and oxygen atoms in total. The molecule has 0 aliphatic carbocycles. The number of hydrogen-bond donors (Lipinski definition) is 1. The van der Waals surface area contributed by atoms with Crippen molar-refractivity contribution in [2.75, 3.05) is 6.54 Å². The van der Waals surface area contributed by atoms with Crippen molar-refractivity contribution >= 4 is 21.7 Å².